The first-order valence-electron chi connectivity index (χ1n) is 9.93. The molecule has 5 rings (SSSR count). The molecule has 0 aliphatic carbocycles. The van der Waals surface area contributed by atoms with Crippen molar-refractivity contribution in [1.29, 1.82) is 0 Å². The van der Waals surface area contributed by atoms with Crippen LogP contribution in [0.2, 0.25) is 0 Å². The second kappa shape index (κ2) is 7.16. The van der Waals surface area contributed by atoms with Crippen molar-refractivity contribution < 1.29 is 18.0 Å². The van der Waals surface area contributed by atoms with Gasteiger partial charge in [-0.2, -0.15) is 23.4 Å². The summed E-state index contributed by atoms with van der Waals surface area (Å²) in [5.74, 6) is -0.0962. The van der Waals surface area contributed by atoms with Crippen molar-refractivity contribution in [2.75, 3.05) is 6.54 Å². The van der Waals surface area contributed by atoms with Gasteiger partial charge in [0.25, 0.3) is 5.91 Å². The third-order valence-corrected chi connectivity index (χ3v) is 6.55. The van der Waals surface area contributed by atoms with E-state index >= 15 is 0 Å². The number of nitrogens with zero attached hydrogens (tertiary/aromatic N) is 6. The fraction of sp³-hybridized carbons (Fsp3) is 0.333. The van der Waals surface area contributed by atoms with Crippen molar-refractivity contribution in [3.8, 4) is 11.4 Å². The Bertz CT molecular complexity index is 1370. The molecule has 0 atom stereocenters. The second-order valence-electron chi connectivity index (χ2n) is 7.90. The monoisotopic (exact) mass is 460 g/mol. The van der Waals surface area contributed by atoms with Crippen LogP contribution >= 0.6 is 11.3 Å². The molecule has 0 spiro atoms. The van der Waals surface area contributed by atoms with E-state index in [-0.39, 0.29) is 5.91 Å². The minimum absolute atomic E-state index is 0.0962. The number of carbonyl (C=O) groups excluding carboxylic acids is 1. The van der Waals surface area contributed by atoms with Gasteiger partial charge in [-0.05, 0) is 37.1 Å². The Balaban J connectivity index is 1.46. The van der Waals surface area contributed by atoms with Gasteiger partial charge >= 0.3 is 6.18 Å². The fourth-order valence-corrected chi connectivity index (χ4v) is 5.08. The molecule has 0 bridgehead atoms. The number of halogens is 3. The quantitative estimate of drug-likeness (QED) is 0.454. The van der Waals surface area contributed by atoms with E-state index in [4.69, 9.17) is 0 Å². The summed E-state index contributed by atoms with van der Waals surface area (Å²) in [4.78, 5) is 19.3. The van der Waals surface area contributed by atoms with Gasteiger partial charge in [0.1, 0.15) is 0 Å². The molecule has 7 nitrogen and oxygen atoms in total. The van der Waals surface area contributed by atoms with Crippen LogP contribution in [0, 0.1) is 6.92 Å². The zero-order valence-corrected chi connectivity index (χ0v) is 18.4. The van der Waals surface area contributed by atoms with Gasteiger partial charge in [0.05, 0.1) is 39.4 Å². The molecule has 1 aliphatic heterocycles. The summed E-state index contributed by atoms with van der Waals surface area (Å²) in [5, 5.41) is 8.14. The van der Waals surface area contributed by atoms with E-state index in [2.05, 4.69) is 15.2 Å². The highest BCUT2D eigenvalue weighted by molar-refractivity contribution is 7.16. The summed E-state index contributed by atoms with van der Waals surface area (Å²) < 4.78 is 43.1. The van der Waals surface area contributed by atoms with Crippen LogP contribution in [0.25, 0.3) is 21.6 Å². The third-order valence-electron chi connectivity index (χ3n) is 5.77. The SMILES string of the molecule is Cc1cc(C(=O)N2CCc3c(nn(C)c3-c3cc(C(F)(F)F)nn3C)C2)cc2scnc12. The van der Waals surface area contributed by atoms with Crippen molar-refractivity contribution in [2.45, 2.75) is 26.1 Å². The van der Waals surface area contributed by atoms with Crippen LogP contribution in [-0.2, 0) is 33.2 Å². The zero-order chi connectivity index (χ0) is 22.8. The first kappa shape index (κ1) is 20.7. The van der Waals surface area contributed by atoms with Crippen molar-refractivity contribution in [3.63, 3.8) is 0 Å². The lowest BCUT2D eigenvalue weighted by atomic mass is 10.0. The Labute approximate surface area is 185 Å². The molecule has 166 valence electrons. The van der Waals surface area contributed by atoms with E-state index < -0.39 is 11.9 Å². The fourth-order valence-electron chi connectivity index (χ4n) is 4.29. The van der Waals surface area contributed by atoms with Gasteiger partial charge < -0.3 is 4.90 Å². The number of carbonyl (C=O) groups is 1. The second-order valence-corrected chi connectivity index (χ2v) is 8.79. The molecule has 0 saturated carbocycles. The number of aryl methyl sites for hydroxylation is 3. The molecule has 32 heavy (non-hydrogen) atoms. The first-order valence-corrected chi connectivity index (χ1v) is 10.8. The number of amides is 1. The maximum Gasteiger partial charge on any atom is 0.435 e. The van der Waals surface area contributed by atoms with Gasteiger partial charge in [0, 0.05) is 31.8 Å². The Morgan fingerprint density at radius 1 is 1.12 bits per heavy atom. The summed E-state index contributed by atoms with van der Waals surface area (Å²) in [5.41, 5.74) is 5.75. The highest BCUT2D eigenvalue weighted by Crippen LogP contribution is 2.35. The molecule has 0 unspecified atom stereocenters. The van der Waals surface area contributed by atoms with Crippen LogP contribution in [0.3, 0.4) is 0 Å². The molecule has 4 heterocycles. The number of benzene rings is 1. The summed E-state index contributed by atoms with van der Waals surface area (Å²) in [7, 11) is 3.18. The number of aromatic nitrogens is 5. The minimum Gasteiger partial charge on any atom is -0.332 e. The molecule has 1 aromatic carbocycles. The van der Waals surface area contributed by atoms with E-state index in [0.717, 1.165) is 27.4 Å². The average molecular weight is 460 g/mol. The van der Waals surface area contributed by atoms with E-state index in [1.807, 2.05) is 19.1 Å². The van der Waals surface area contributed by atoms with Crippen molar-refractivity contribution in [3.05, 3.63) is 51.8 Å². The molecule has 0 fully saturated rings. The van der Waals surface area contributed by atoms with E-state index in [1.54, 1.807) is 22.1 Å². The number of rotatable bonds is 2. The van der Waals surface area contributed by atoms with Crippen molar-refractivity contribution >= 4 is 27.5 Å². The van der Waals surface area contributed by atoms with Crippen LogP contribution in [0.15, 0.2) is 23.7 Å². The minimum atomic E-state index is -4.52. The molecule has 11 heteroatoms. The van der Waals surface area contributed by atoms with Gasteiger partial charge in [0.15, 0.2) is 5.69 Å². The van der Waals surface area contributed by atoms with Crippen molar-refractivity contribution in [2.24, 2.45) is 14.1 Å². The molecule has 0 radical (unpaired) electrons. The number of alkyl halides is 3. The van der Waals surface area contributed by atoms with E-state index in [9.17, 15) is 18.0 Å². The van der Waals surface area contributed by atoms with Crippen LogP contribution in [0.4, 0.5) is 13.2 Å². The molecule has 1 aliphatic rings. The number of fused-ring (bicyclic) bond motifs is 2. The van der Waals surface area contributed by atoms with Gasteiger partial charge in [-0.3, -0.25) is 14.2 Å². The van der Waals surface area contributed by atoms with Gasteiger partial charge in [0.2, 0.25) is 0 Å². The van der Waals surface area contributed by atoms with Crippen LogP contribution in [-0.4, -0.2) is 41.9 Å². The third kappa shape index (κ3) is 3.27. The molecular formula is C21H19F3N6OS. The molecule has 0 saturated heterocycles. The smallest absolute Gasteiger partial charge is 0.332 e. The lowest BCUT2D eigenvalue weighted by molar-refractivity contribution is -0.141. The Morgan fingerprint density at radius 3 is 2.62 bits per heavy atom. The zero-order valence-electron chi connectivity index (χ0n) is 17.6. The standard InChI is InChI=1S/C21H19F3N6OS/c1-11-6-12(7-16-18(11)25-10-32-16)20(31)30-5-4-13-14(9-30)26-29(3)19(13)15-8-17(21(22,23)24)27-28(15)2/h6-8,10H,4-5,9H2,1-3H3. The maximum absolute atomic E-state index is 13.2. The van der Waals surface area contributed by atoms with Gasteiger partial charge in [-0.15, -0.1) is 11.3 Å². The predicted molar refractivity (Wildman–Crippen MR) is 113 cm³/mol. The lowest BCUT2D eigenvalue weighted by Gasteiger charge is -2.27. The highest BCUT2D eigenvalue weighted by Gasteiger charge is 2.36. The van der Waals surface area contributed by atoms with E-state index in [1.165, 1.54) is 23.1 Å². The van der Waals surface area contributed by atoms with Gasteiger partial charge in [-0.1, -0.05) is 0 Å². The summed E-state index contributed by atoms with van der Waals surface area (Å²) in [6, 6.07) is 4.75. The molecule has 3 aromatic heterocycles. The number of hydrogen-bond acceptors (Lipinski definition) is 5. The molecule has 1 amide bonds. The Kier molecular flexibility index (Phi) is 4.63. The normalized spacial score (nSPS) is 14.2. The summed E-state index contributed by atoms with van der Waals surface area (Å²) in [6.45, 7) is 2.68. The van der Waals surface area contributed by atoms with E-state index in [0.29, 0.717) is 42.2 Å². The Morgan fingerprint density at radius 2 is 1.91 bits per heavy atom. The van der Waals surface area contributed by atoms with Gasteiger partial charge in [-0.25, -0.2) is 4.98 Å². The van der Waals surface area contributed by atoms with Crippen LogP contribution in [0.1, 0.15) is 32.9 Å². The van der Waals surface area contributed by atoms with Crippen LogP contribution in [0.5, 0.6) is 0 Å². The van der Waals surface area contributed by atoms with Crippen molar-refractivity contribution in [1.82, 2.24) is 29.4 Å². The first-order chi connectivity index (χ1) is 15.1. The van der Waals surface area contributed by atoms with Crippen LogP contribution < -0.4 is 0 Å². The largest absolute Gasteiger partial charge is 0.435 e. The molecule has 4 aromatic rings. The predicted octanol–water partition coefficient (Wildman–Crippen LogP) is 3.96. The Hall–Kier alpha value is -3.21. The topological polar surface area (TPSA) is 68.8 Å². The lowest BCUT2D eigenvalue weighted by Crippen LogP contribution is -2.36. The summed E-state index contributed by atoms with van der Waals surface area (Å²) >= 11 is 1.49. The number of hydrogen-bond donors (Lipinski definition) is 0. The number of thiazole rings is 1. The molecule has 0 N–H and O–H groups in total. The maximum atomic E-state index is 13.2. The summed E-state index contributed by atoms with van der Waals surface area (Å²) in [6.07, 6.45) is -4.02. The average Bonchev–Trinajstić information content (AvgIpc) is 3.42. The molecular weight excluding hydrogens is 441 g/mol. The highest BCUT2D eigenvalue weighted by atomic mass is 32.1.